The molecule has 0 saturated carbocycles. The standard InChI is InChI=1S/C12H19NO4S/c1-9(14)6-10-8-17-12(13-10)7-11-4-2-3-5-18(11,15)16/h8-9,11,14H,2-7H2,1H3. The van der Waals surface area contributed by atoms with Gasteiger partial charge in [0, 0.05) is 12.8 Å². The van der Waals surface area contributed by atoms with Crippen LogP contribution < -0.4 is 0 Å². The fourth-order valence-corrected chi connectivity index (χ4v) is 4.15. The van der Waals surface area contributed by atoms with Gasteiger partial charge in [0.15, 0.2) is 15.7 Å². The van der Waals surface area contributed by atoms with Crippen molar-refractivity contribution in [2.75, 3.05) is 5.75 Å². The van der Waals surface area contributed by atoms with Crippen molar-refractivity contribution in [2.45, 2.75) is 50.4 Å². The van der Waals surface area contributed by atoms with E-state index in [1.54, 1.807) is 6.92 Å². The number of nitrogens with zero attached hydrogens (tertiary/aromatic N) is 1. The molecule has 0 bridgehead atoms. The molecule has 2 unspecified atom stereocenters. The minimum absolute atomic E-state index is 0.277. The summed E-state index contributed by atoms with van der Waals surface area (Å²) in [5, 5.41) is 8.88. The molecule has 1 aliphatic heterocycles. The van der Waals surface area contributed by atoms with Crippen LogP contribution in [0.4, 0.5) is 0 Å². The summed E-state index contributed by atoms with van der Waals surface area (Å²) in [6.07, 6.45) is 4.21. The summed E-state index contributed by atoms with van der Waals surface area (Å²) in [6.45, 7) is 1.68. The van der Waals surface area contributed by atoms with E-state index in [4.69, 9.17) is 4.42 Å². The maximum Gasteiger partial charge on any atom is 0.195 e. The summed E-state index contributed by atoms with van der Waals surface area (Å²) in [4.78, 5) is 4.22. The predicted octanol–water partition coefficient (Wildman–Crippen LogP) is 1.11. The van der Waals surface area contributed by atoms with E-state index in [1.165, 1.54) is 6.26 Å². The van der Waals surface area contributed by atoms with Crippen molar-refractivity contribution >= 4 is 9.84 Å². The van der Waals surface area contributed by atoms with Crippen LogP contribution in [-0.2, 0) is 22.7 Å². The zero-order chi connectivity index (χ0) is 13.2. The average molecular weight is 273 g/mol. The van der Waals surface area contributed by atoms with Crippen LogP contribution in [0.2, 0.25) is 0 Å². The Labute approximate surface area is 107 Å². The Kier molecular flexibility index (Phi) is 4.07. The molecule has 2 rings (SSSR count). The van der Waals surface area contributed by atoms with Gasteiger partial charge >= 0.3 is 0 Å². The van der Waals surface area contributed by atoms with E-state index in [-0.39, 0.29) is 11.0 Å². The first-order chi connectivity index (χ1) is 8.47. The Bertz CT molecular complexity index is 492. The summed E-state index contributed by atoms with van der Waals surface area (Å²) >= 11 is 0. The molecule has 1 aliphatic rings. The van der Waals surface area contributed by atoms with Crippen molar-refractivity contribution in [1.82, 2.24) is 4.98 Å². The van der Waals surface area contributed by atoms with E-state index in [0.29, 0.717) is 30.8 Å². The number of hydrogen-bond acceptors (Lipinski definition) is 5. The third kappa shape index (κ3) is 3.32. The fourth-order valence-electron chi connectivity index (χ4n) is 2.28. The van der Waals surface area contributed by atoms with Gasteiger partial charge in [0.2, 0.25) is 0 Å². The number of aromatic nitrogens is 1. The number of oxazole rings is 1. The molecule has 18 heavy (non-hydrogen) atoms. The Hall–Kier alpha value is -0.880. The third-order valence-corrected chi connectivity index (χ3v) is 5.49. The Balaban J connectivity index is 2.02. The molecule has 102 valence electrons. The van der Waals surface area contributed by atoms with Gasteiger partial charge in [-0.1, -0.05) is 6.42 Å². The third-order valence-electron chi connectivity index (χ3n) is 3.22. The molecule has 1 aromatic heterocycles. The largest absolute Gasteiger partial charge is 0.449 e. The smallest absolute Gasteiger partial charge is 0.195 e. The lowest BCUT2D eigenvalue weighted by atomic mass is 10.1. The average Bonchev–Trinajstić information content (AvgIpc) is 2.68. The highest BCUT2D eigenvalue weighted by molar-refractivity contribution is 7.92. The first-order valence-corrected chi connectivity index (χ1v) is 8.02. The number of rotatable bonds is 4. The van der Waals surface area contributed by atoms with Gasteiger partial charge in [0.1, 0.15) is 6.26 Å². The van der Waals surface area contributed by atoms with Crippen LogP contribution in [0.25, 0.3) is 0 Å². The molecule has 5 nitrogen and oxygen atoms in total. The summed E-state index contributed by atoms with van der Waals surface area (Å²) in [7, 11) is -2.98. The molecule has 1 N–H and O–H groups in total. The van der Waals surface area contributed by atoms with Gasteiger partial charge in [-0.2, -0.15) is 0 Å². The van der Waals surface area contributed by atoms with Gasteiger partial charge in [-0.15, -0.1) is 0 Å². The fraction of sp³-hybridized carbons (Fsp3) is 0.750. The van der Waals surface area contributed by atoms with Gasteiger partial charge < -0.3 is 9.52 Å². The lowest BCUT2D eigenvalue weighted by Crippen LogP contribution is -2.30. The number of hydrogen-bond donors (Lipinski definition) is 1. The molecule has 1 saturated heterocycles. The van der Waals surface area contributed by atoms with Crippen LogP contribution in [0.15, 0.2) is 10.7 Å². The van der Waals surface area contributed by atoms with Crippen LogP contribution in [0.3, 0.4) is 0 Å². The van der Waals surface area contributed by atoms with Gasteiger partial charge in [0.05, 0.1) is 22.8 Å². The molecule has 2 atom stereocenters. The molecule has 0 radical (unpaired) electrons. The Morgan fingerprint density at radius 3 is 3.00 bits per heavy atom. The van der Waals surface area contributed by atoms with Crippen LogP contribution in [-0.4, -0.2) is 35.6 Å². The molecule has 6 heteroatoms. The van der Waals surface area contributed by atoms with Crippen LogP contribution in [0.1, 0.15) is 37.8 Å². The topological polar surface area (TPSA) is 80.4 Å². The summed E-state index contributed by atoms with van der Waals surface area (Å²) < 4.78 is 29.0. The molecule has 0 amide bonds. The Morgan fingerprint density at radius 2 is 2.33 bits per heavy atom. The monoisotopic (exact) mass is 273 g/mol. The molecule has 1 aromatic rings. The van der Waals surface area contributed by atoms with Crippen molar-refractivity contribution < 1.29 is 17.9 Å². The molecular weight excluding hydrogens is 254 g/mol. The molecule has 0 aliphatic carbocycles. The van der Waals surface area contributed by atoms with E-state index in [9.17, 15) is 13.5 Å². The first-order valence-electron chi connectivity index (χ1n) is 6.30. The van der Waals surface area contributed by atoms with E-state index < -0.39 is 15.9 Å². The van der Waals surface area contributed by atoms with E-state index >= 15 is 0 Å². The molecule has 2 heterocycles. The van der Waals surface area contributed by atoms with Crippen LogP contribution in [0, 0.1) is 0 Å². The van der Waals surface area contributed by atoms with Crippen molar-refractivity contribution in [1.29, 1.82) is 0 Å². The maximum absolute atomic E-state index is 11.9. The molecule has 0 aromatic carbocycles. The second-order valence-corrected chi connectivity index (χ2v) is 7.38. The van der Waals surface area contributed by atoms with Crippen LogP contribution in [0.5, 0.6) is 0 Å². The minimum atomic E-state index is -2.98. The lowest BCUT2D eigenvalue weighted by molar-refractivity contribution is 0.194. The second-order valence-electron chi connectivity index (χ2n) is 4.97. The highest BCUT2D eigenvalue weighted by atomic mass is 32.2. The van der Waals surface area contributed by atoms with E-state index in [0.717, 1.165) is 12.8 Å². The van der Waals surface area contributed by atoms with E-state index in [2.05, 4.69) is 4.98 Å². The molecule has 1 fully saturated rings. The Morgan fingerprint density at radius 1 is 1.56 bits per heavy atom. The maximum atomic E-state index is 11.9. The first kappa shape index (κ1) is 13.5. The zero-order valence-corrected chi connectivity index (χ0v) is 11.3. The zero-order valence-electron chi connectivity index (χ0n) is 10.5. The summed E-state index contributed by atoms with van der Waals surface area (Å²) in [5.74, 6) is 0.736. The van der Waals surface area contributed by atoms with E-state index in [1.807, 2.05) is 0 Å². The predicted molar refractivity (Wildman–Crippen MR) is 67.0 cm³/mol. The van der Waals surface area contributed by atoms with Gasteiger partial charge in [-0.3, -0.25) is 0 Å². The summed E-state index contributed by atoms with van der Waals surface area (Å²) in [6, 6.07) is 0. The number of aliphatic hydroxyl groups excluding tert-OH is 1. The highest BCUT2D eigenvalue weighted by Crippen LogP contribution is 2.22. The van der Waals surface area contributed by atoms with Gasteiger partial charge in [-0.25, -0.2) is 13.4 Å². The second kappa shape index (κ2) is 5.40. The van der Waals surface area contributed by atoms with Crippen molar-refractivity contribution in [2.24, 2.45) is 0 Å². The number of sulfone groups is 1. The quantitative estimate of drug-likeness (QED) is 0.888. The lowest BCUT2D eigenvalue weighted by Gasteiger charge is -2.20. The highest BCUT2D eigenvalue weighted by Gasteiger charge is 2.30. The van der Waals surface area contributed by atoms with Gasteiger partial charge in [-0.05, 0) is 19.8 Å². The van der Waals surface area contributed by atoms with Gasteiger partial charge in [0.25, 0.3) is 0 Å². The minimum Gasteiger partial charge on any atom is -0.449 e. The van der Waals surface area contributed by atoms with Crippen molar-refractivity contribution in [3.05, 3.63) is 17.8 Å². The normalized spacial score (nSPS) is 24.9. The van der Waals surface area contributed by atoms with Crippen LogP contribution >= 0.6 is 0 Å². The summed E-state index contributed by atoms with van der Waals surface area (Å²) in [5.41, 5.74) is 0.674. The van der Waals surface area contributed by atoms with Crippen molar-refractivity contribution in [3.63, 3.8) is 0 Å². The molecule has 0 spiro atoms. The number of aliphatic hydroxyl groups is 1. The van der Waals surface area contributed by atoms with Crippen molar-refractivity contribution in [3.8, 4) is 0 Å². The molecular formula is C12H19NO4S. The SMILES string of the molecule is CC(O)Cc1coc(CC2CCCCS2(=O)=O)n1.